The van der Waals surface area contributed by atoms with E-state index in [4.69, 9.17) is 9.47 Å². The Hall–Kier alpha value is -4.08. The van der Waals surface area contributed by atoms with Gasteiger partial charge in [0.05, 0.1) is 30.1 Å². The van der Waals surface area contributed by atoms with Crippen LogP contribution in [0.3, 0.4) is 0 Å². The number of anilines is 1. The number of aromatic nitrogens is 1. The van der Waals surface area contributed by atoms with E-state index in [2.05, 4.69) is 4.98 Å². The molecule has 3 aliphatic rings. The number of ketones is 1. The number of benzene rings is 1. The molecule has 5 rings (SSSR count). The Morgan fingerprint density at radius 3 is 2.65 bits per heavy atom. The van der Waals surface area contributed by atoms with Gasteiger partial charge in [0.25, 0.3) is 11.7 Å². The van der Waals surface area contributed by atoms with Crippen LogP contribution in [-0.4, -0.2) is 83.6 Å². The summed E-state index contributed by atoms with van der Waals surface area (Å²) in [6.07, 6.45) is 2.18. The molecular weight excluding hydrogens is 476 g/mol. The molecule has 0 radical (unpaired) electrons. The first-order valence-electron chi connectivity index (χ1n) is 12.5. The van der Waals surface area contributed by atoms with Crippen molar-refractivity contribution < 1.29 is 29.0 Å². The second-order valence-electron chi connectivity index (χ2n) is 9.33. The van der Waals surface area contributed by atoms with Crippen molar-refractivity contribution in [1.29, 1.82) is 0 Å². The number of carbonyl (C=O) groups is 3. The molecule has 1 aromatic carbocycles. The molecule has 2 fully saturated rings. The minimum atomic E-state index is -0.842. The van der Waals surface area contributed by atoms with E-state index in [1.807, 2.05) is 11.9 Å². The second-order valence-corrected chi connectivity index (χ2v) is 9.33. The normalized spacial score (nSPS) is 21.6. The molecule has 10 heteroatoms. The van der Waals surface area contributed by atoms with Gasteiger partial charge in [0.15, 0.2) is 0 Å². The molecule has 2 aromatic rings. The van der Waals surface area contributed by atoms with E-state index in [0.717, 1.165) is 5.69 Å². The fourth-order valence-corrected chi connectivity index (χ4v) is 5.25. The van der Waals surface area contributed by atoms with Crippen LogP contribution in [0.2, 0.25) is 0 Å². The molecule has 2 amide bonds. The summed E-state index contributed by atoms with van der Waals surface area (Å²) in [6, 6.07) is 9.37. The lowest BCUT2D eigenvalue weighted by molar-refractivity contribution is -0.142. The predicted molar refractivity (Wildman–Crippen MR) is 135 cm³/mol. The topological polar surface area (TPSA) is 113 Å². The average Bonchev–Trinajstić information content (AvgIpc) is 3.19. The molecule has 2 saturated heterocycles. The maximum atomic E-state index is 13.4. The molecule has 0 saturated carbocycles. The smallest absolute Gasteiger partial charge is 0.409 e. The number of fused-ring (bicyclic) bond motifs is 1. The van der Waals surface area contributed by atoms with E-state index in [1.165, 1.54) is 4.90 Å². The Morgan fingerprint density at radius 1 is 1.16 bits per heavy atom. The van der Waals surface area contributed by atoms with Crippen LogP contribution in [0, 0.1) is 0 Å². The van der Waals surface area contributed by atoms with Crippen molar-refractivity contribution in [3.63, 3.8) is 0 Å². The van der Waals surface area contributed by atoms with Crippen LogP contribution in [0.4, 0.5) is 10.5 Å². The lowest BCUT2D eigenvalue weighted by Gasteiger charge is -2.38. The van der Waals surface area contributed by atoms with Crippen LogP contribution in [0.15, 0.2) is 48.2 Å². The van der Waals surface area contributed by atoms with Gasteiger partial charge in [-0.05, 0) is 50.1 Å². The molecule has 1 aromatic heterocycles. The fraction of sp³-hybridized carbons (Fsp3) is 0.407. The second kappa shape index (κ2) is 10.1. The van der Waals surface area contributed by atoms with Crippen LogP contribution in [-0.2, 0) is 14.3 Å². The van der Waals surface area contributed by atoms with Gasteiger partial charge >= 0.3 is 6.09 Å². The van der Waals surface area contributed by atoms with Gasteiger partial charge in [0.1, 0.15) is 24.2 Å². The summed E-state index contributed by atoms with van der Waals surface area (Å²) in [5.74, 6) is -0.976. The number of nitrogens with zero attached hydrogens (tertiary/aromatic N) is 4. The third-order valence-corrected chi connectivity index (χ3v) is 7.16. The average molecular weight is 507 g/mol. The summed E-state index contributed by atoms with van der Waals surface area (Å²) in [5.41, 5.74) is 1.72. The van der Waals surface area contributed by atoms with Gasteiger partial charge in [-0.3, -0.25) is 14.6 Å². The third kappa shape index (κ3) is 4.47. The van der Waals surface area contributed by atoms with Crippen LogP contribution in [0.25, 0.3) is 5.76 Å². The first-order chi connectivity index (χ1) is 17.9. The van der Waals surface area contributed by atoms with Gasteiger partial charge in [-0.1, -0.05) is 6.07 Å². The first-order valence-corrected chi connectivity index (χ1v) is 12.5. The van der Waals surface area contributed by atoms with E-state index in [-0.39, 0.29) is 30.1 Å². The predicted octanol–water partition coefficient (Wildman–Crippen LogP) is 2.95. The fourth-order valence-electron chi connectivity index (χ4n) is 5.25. The number of amides is 2. The van der Waals surface area contributed by atoms with Gasteiger partial charge < -0.3 is 29.3 Å². The zero-order valence-corrected chi connectivity index (χ0v) is 20.9. The molecule has 194 valence electrons. The summed E-state index contributed by atoms with van der Waals surface area (Å²) in [4.78, 5) is 48.6. The molecule has 0 bridgehead atoms. The number of likely N-dealkylation sites (N-methyl/N-ethyl adjacent to an activating group) is 1. The number of ether oxygens (including phenoxy) is 2. The number of carbonyl (C=O) groups excluding carboxylic acids is 3. The van der Waals surface area contributed by atoms with Gasteiger partial charge in [-0.15, -0.1) is 0 Å². The summed E-state index contributed by atoms with van der Waals surface area (Å²) in [6.45, 7) is 4.11. The van der Waals surface area contributed by atoms with Gasteiger partial charge in [-0.25, -0.2) is 4.79 Å². The molecule has 1 unspecified atom stereocenters. The molecule has 4 heterocycles. The number of hydrogen-bond donors (Lipinski definition) is 1. The Labute approximate surface area is 215 Å². The van der Waals surface area contributed by atoms with Gasteiger partial charge in [-0.2, -0.15) is 0 Å². The highest BCUT2D eigenvalue weighted by Gasteiger charge is 2.50. The van der Waals surface area contributed by atoms with E-state index in [0.29, 0.717) is 56.1 Å². The van der Waals surface area contributed by atoms with Crippen molar-refractivity contribution in [2.45, 2.75) is 31.8 Å². The number of pyridine rings is 1. The van der Waals surface area contributed by atoms with Crippen molar-refractivity contribution in [2.24, 2.45) is 0 Å². The highest BCUT2D eigenvalue weighted by atomic mass is 16.6. The molecular formula is C27H30N4O6. The van der Waals surface area contributed by atoms with Crippen molar-refractivity contribution in [1.82, 2.24) is 14.8 Å². The zero-order chi connectivity index (χ0) is 26.1. The van der Waals surface area contributed by atoms with E-state index in [1.54, 1.807) is 54.4 Å². The Morgan fingerprint density at radius 2 is 1.95 bits per heavy atom. The Kier molecular flexibility index (Phi) is 6.73. The number of Topliss-reactive ketones (excluding diaryl/α,β-unsaturated/α-hetero) is 1. The summed E-state index contributed by atoms with van der Waals surface area (Å²) >= 11 is 0. The molecule has 37 heavy (non-hydrogen) atoms. The molecule has 3 aliphatic heterocycles. The number of aliphatic hydroxyl groups excluding tert-OH is 1. The van der Waals surface area contributed by atoms with E-state index < -0.39 is 17.7 Å². The van der Waals surface area contributed by atoms with Crippen LogP contribution < -0.4 is 9.64 Å². The number of likely N-dealkylation sites (tertiary alicyclic amines) is 2. The van der Waals surface area contributed by atoms with Crippen LogP contribution in [0.1, 0.15) is 37.1 Å². The van der Waals surface area contributed by atoms with Crippen LogP contribution >= 0.6 is 0 Å². The monoisotopic (exact) mass is 506 g/mol. The quantitative estimate of drug-likeness (QED) is 0.383. The maximum absolute atomic E-state index is 13.4. The number of piperidine rings is 1. The molecule has 0 aliphatic carbocycles. The van der Waals surface area contributed by atoms with Gasteiger partial charge in [0, 0.05) is 37.9 Å². The molecule has 0 spiro atoms. The molecule has 1 atom stereocenters. The van der Waals surface area contributed by atoms with Crippen molar-refractivity contribution >= 4 is 29.2 Å². The largest absolute Gasteiger partial charge is 0.507 e. The van der Waals surface area contributed by atoms with Crippen molar-refractivity contribution in [2.75, 3.05) is 44.8 Å². The zero-order valence-electron chi connectivity index (χ0n) is 20.9. The minimum absolute atomic E-state index is 0.0100. The number of hydrogen-bond acceptors (Lipinski definition) is 8. The van der Waals surface area contributed by atoms with Crippen molar-refractivity contribution in [3.05, 3.63) is 59.4 Å². The Balaban J connectivity index is 1.52. The highest BCUT2D eigenvalue weighted by molar-refractivity contribution is 6.46. The van der Waals surface area contributed by atoms with E-state index >= 15 is 0 Å². The van der Waals surface area contributed by atoms with Crippen LogP contribution in [0.5, 0.6) is 5.75 Å². The van der Waals surface area contributed by atoms with Gasteiger partial charge in [0.2, 0.25) is 0 Å². The lowest BCUT2D eigenvalue weighted by atomic mass is 9.96. The summed E-state index contributed by atoms with van der Waals surface area (Å²) < 4.78 is 10.8. The summed E-state index contributed by atoms with van der Waals surface area (Å²) in [5, 5.41) is 11.4. The third-order valence-electron chi connectivity index (χ3n) is 7.16. The lowest BCUT2D eigenvalue weighted by Crippen LogP contribution is -2.48. The standard InChI is InChI=1S/C27H30N4O6/c1-3-36-27(35)30-12-9-18(10-13-30)31-23(19-6-4-5-11-28-19)22(25(33)26(31)34)24(32)17-7-8-21-20(16-17)29(2)14-15-37-21/h4-8,11,16,18,23,32H,3,9-10,12-15H2,1-2H3/b24-22-. The SMILES string of the molecule is CCOC(=O)N1CCC(N2C(=O)C(=O)/C(=C(\O)c3ccc4c(c3)N(C)CCO4)C2c2ccccn2)CC1. The minimum Gasteiger partial charge on any atom is -0.507 e. The summed E-state index contributed by atoms with van der Waals surface area (Å²) in [7, 11) is 1.93. The first kappa shape index (κ1) is 24.6. The number of rotatable bonds is 4. The number of aliphatic hydroxyl groups is 1. The van der Waals surface area contributed by atoms with Crippen molar-refractivity contribution in [3.8, 4) is 5.75 Å². The molecule has 1 N–H and O–H groups in total. The van der Waals surface area contributed by atoms with E-state index in [9.17, 15) is 19.5 Å². The maximum Gasteiger partial charge on any atom is 0.409 e. The molecule has 10 nitrogen and oxygen atoms in total. The highest BCUT2D eigenvalue weighted by Crippen LogP contribution is 2.42. The Bertz CT molecular complexity index is 1240.